The second-order valence-electron chi connectivity index (χ2n) is 8.18. The van der Waals surface area contributed by atoms with Crippen molar-refractivity contribution in [2.24, 2.45) is 0 Å². The van der Waals surface area contributed by atoms with Gasteiger partial charge in [0.1, 0.15) is 6.04 Å². The number of urea groups is 1. The summed E-state index contributed by atoms with van der Waals surface area (Å²) in [6.45, 7) is 3.69. The number of rotatable bonds is 6. The summed E-state index contributed by atoms with van der Waals surface area (Å²) in [5.41, 5.74) is 3.50. The predicted octanol–water partition coefficient (Wildman–Crippen LogP) is 4.18. The maximum atomic E-state index is 12.8. The fraction of sp³-hybridized carbons (Fsp3) is 0.308. The van der Waals surface area contributed by atoms with Gasteiger partial charge >= 0.3 is 6.03 Å². The van der Waals surface area contributed by atoms with Crippen LogP contribution in [0.5, 0.6) is 0 Å². The summed E-state index contributed by atoms with van der Waals surface area (Å²) in [5.74, 6) is -0.0649. The molecular weight excluding hydrogens is 386 g/mol. The molecule has 1 fully saturated rings. The van der Waals surface area contributed by atoms with Gasteiger partial charge in [0.2, 0.25) is 5.91 Å². The Morgan fingerprint density at radius 3 is 2.58 bits per heavy atom. The van der Waals surface area contributed by atoms with Crippen LogP contribution in [-0.4, -0.2) is 36.0 Å². The second kappa shape index (κ2) is 9.65. The lowest BCUT2D eigenvalue weighted by molar-refractivity contribution is -0.124. The summed E-state index contributed by atoms with van der Waals surface area (Å²) in [4.78, 5) is 27.2. The molecule has 1 aliphatic heterocycles. The first kappa shape index (κ1) is 20.9. The minimum atomic E-state index is -0.398. The van der Waals surface area contributed by atoms with Gasteiger partial charge < -0.3 is 15.5 Å². The maximum absolute atomic E-state index is 12.8. The van der Waals surface area contributed by atoms with Crippen LogP contribution >= 0.6 is 0 Å². The molecule has 4 rings (SSSR count). The number of hydrogen-bond acceptors (Lipinski definition) is 2. The molecule has 0 aliphatic carbocycles. The van der Waals surface area contributed by atoms with Gasteiger partial charge in [0, 0.05) is 19.6 Å². The van der Waals surface area contributed by atoms with Crippen molar-refractivity contribution in [3.63, 3.8) is 0 Å². The zero-order valence-corrected chi connectivity index (χ0v) is 17.9. The number of fused-ring (bicyclic) bond motifs is 1. The zero-order chi connectivity index (χ0) is 21.6. The number of benzene rings is 3. The van der Waals surface area contributed by atoms with Crippen LogP contribution in [0, 0.1) is 6.92 Å². The van der Waals surface area contributed by atoms with Crippen LogP contribution in [0.25, 0.3) is 10.8 Å². The summed E-state index contributed by atoms with van der Waals surface area (Å²) in [7, 11) is 0. The standard InChI is InChI=1S/C26H29N3O2/c1-19-11-13-20(14-12-19)15-16-27-25(30)24-10-5-17-29(24)26(31)28-18-22-8-4-7-21-6-2-3-9-23(21)22/h2-4,6-9,11-14,24H,5,10,15-18H2,1H3,(H,27,30)(H,28,31)/t24-/m0/s1. The number of nitrogens with one attached hydrogen (secondary N) is 2. The Balaban J connectivity index is 1.31. The average molecular weight is 416 g/mol. The molecule has 5 heteroatoms. The number of carbonyl (C=O) groups excluding carboxylic acids is 2. The van der Waals surface area contributed by atoms with Crippen molar-refractivity contribution in [3.05, 3.63) is 83.4 Å². The van der Waals surface area contributed by atoms with Crippen LogP contribution in [0.3, 0.4) is 0 Å². The maximum Gasteiger partial charge on any atom is 0.318 e. The molecule has 5 nitrogen and oxygen atoms in total. The van der Waals surface area contributed by atoms with Crippen LogP contribution in [-0.2, 0) is 17.8 Å². The monoisotopic (exact) mass is 415 g/mol. The fourth-order valence-corrected chi connectivity index (χ4v) is 4.20. The number of nitrogens with zero attached hydrogens (tertiary/aromatic N) is 1. The second-order valence-corrected chi connectivity index (χ2v) is 8.18. The van der Waals surface area contributed by atoms with E-state index in [2.05, 4.69) is 60.0 Å². The summed E-state index contributed by atoms with van der Waals surface area (Å²) in [6, 6.07) is 22.0. The van der Waals surface area contributed by atoms with E-state index in [1.165, 1.54) is 11.1 Å². The molecule has 0 radical (unpaired) electrons. The van der Waals surface area contributed by atoms with Crippen molar-refractivity contribution in [3.8, 4) is 0 Å². The third-order valence-electron chi connectivity index (χ3n) is 5.96. The molecule has 0 unspecified atom stereocenters. The quantitative estimate of drug-likeness (QED) is 0.634. The van der Waals surface area contributed by atoms with Gasteiger partial charge in [-0.3, -0.25) is 4.79 Å². The SMILES string of the molecule is Cc1ccc(CCNC(=O)[C@@H]2CCCN2C(=O)NCc2cccc3ccccc23)cc1. The number of amides is 3. The van der Waals surface area contributed by atoms with Gasteiger partial charge in [0.05, 0.1) is 0 Å². The minimum absolute atomic E-state index is 0.0649. The highest BCUT2D eigenvalue weighted by atomic mass is 16.2. The van der Waals surface area contributed by atoms with Crippen LogP contribution in [0.4, 0.5) is 4.79 Å². The van der Waals surface area contributed by atoms with Crippen molar-refractivity contribution in [2.45, 2.75) is 38.8 Å². The average Bonchev–Trinajstić information content (AvgIpc) is 3.29. The van der Waals surface area contributed by atoms with E-state index in [1.807, 2.05) is 24.3 Å². The molecule has 3 aromatic rings. The van der Waals surface area contributed by atoms with E-state index in [0.717, 1.165) is 29.2 Å². The lowest BCUT2D eigenvalue weighted by atomic mass is 10.0. The van der Waals surface area contributed by atoms with Gasteiger partial charge in [-0.05, 0) is 48.1 Å². The highest BCUT2D eigenvalue weighted by molar-refractivity contribution is 5.88. The Morgan fingerprint density at radius 2 is 1.74 bits per heavy atom. The predicted molar refractivity (Wildman–Crippen MR) is 124 cm³/mol. The van der Waals surface area contributed by atoms with Gasteiger partial charge in [-0.15, -0.1) is 0 Å². The zero-order valence-electron chi connectivity index (χ0n) is 17.9. The molecule has 1 heterocycles. The van der Waals surface area contributed by atoms with Crippen molar-refractivity contribution in [1.82, 2.24) is 15.5 Å². The molecule has 3 aromatic carbocycles. The van der Waals surface area contributed by atoms with Crippen LogP contribution in [0.15, 0.2) is 66.7 Å². The van der Waals surface area contributed by atoms with Crippen molar-refractivity contribution in [2.75, 3.05) is 13.1 Å². The summed E-state index contributed by atoms with van der Waals surface area (Å²) in [5, 5.41) is 8.31. The summed E-state index contributed by atoms with van der Waals surface area (Å²) < 4.78 is 0. The van der Waals surface area contributed by atoms with E-state index in [0.29, 0.717) is 26.1 Å². The molecule has 1 atom stereocenters. The minimum Gasteiger partial charge on any atom is -0.354 e. The first-order chi connectivity index (χ1) is 15.1. The van der Waals surface area contributed by atoms with Crippen molar-refractivity contribution >= 4 is 22.7 Å². The largest absolute Gasteiger partial charge is 0.354 e. The third kappa shape index (κ3) is 5.05. The Morgan fingerprint density at radius 1 is 0.968 bits per heavy atom. The third-order valence-corrected chi connectivity index (χ3v) is 5.96. The van der Waals surface area contributed by atoms with Crippen LogP contribution < -0.4 is 10.6 Å². The lowest BCUT2D eigenvalue weighted by Crippen LogP contribution is -2.49. The number of hydrogen-bond donors (Lipinski definition) is 2. The molecule has 1 saturated heterocycles. The molecule has 2 N–H and O–H groups in total. The molecule has 1 aliphatic rings. The van der Waals surface area contributed by atoms with Crippen molar-refractivity contribution in [1.29, 1.82) is 0 Å². The van der Waals surface area contributed by atoms with Crippen LogP contribution in [0.1, 0.15) is 29.5 Å². The summed E-state index contributed by atoms with van der Waals surface area (Å²) in [6.07, 6.45) is 2.34. The first-order valence-electron chi connectivity index (χ1n) is 11.0. The van der Waals surface area contributed by atoms with Gasteiger partial charge in [-0.2, -0.15) is 0 Å². The number of likely N-dealkylation sites (tertiary alicyclic amines) is 1. The first-order valence-corrected chi connectivity index (χ1v) is 11.0. The smallest absolute Gasteiger partial charge is 0.318 e. The van der Waals surface area contributed by atoms with E-state index in [4.69, 9.17) is 0 Å². The molecule has 3 amide bonds. The summed E-state index contributed by atoms with van der Waals surface area (Å²) >= 11 is 0. The molecule has 0 spiro atoms. The lowest BCUT2D eigenvalue weighted by Gasteiger charge is -2.24. The molecule has 0 saturated carbocycles. The molecule has 0 bridgehead atoms. The van der Waals surface area contributed by atoms with Crippen LogP contribution in [0.2, 0.25) is 0 Å². The number of aryl methyl sites for hydroxylation is 1. The molecular formula is C26H29N3O2. The van der Waals surface area contributed by atoms with E-state index in [9.17, 15) is 9.59 Å². The van der Waals surface area contributed by atoms with E-state index in [-0.39, 0.29) is 11.9 Å². The van der Waals surface area contributed by atoms with E-state index < -0.39 is 6.04 Å². The normalized spacial score (nSPS) is 15.8. The van der Waals surface area contributed by atoms with Gasteiger partial charge in [-0.25, -0.2) is 4.79 Å². The highest BCUT2D eigenvalue weighted by Gasteiger charge is 2.33. The molecule has 0 aromatic heterocycles. The Bertz CT molecular complexity index is 1060. The Kier molecular flexibility index (Phi) is 6.51. The highest BCUT2D eigenvalue weighted by Crippen LogP contribution is 2.20. The topological polar surface area (TPSA) is 61.4 Å². The Hall–Kier alpha value is -3.34. The number of carbonyl (C=O) groups is 2. The van der Waals surface area contributed by atoms with E-state index in [1.54, 1.807) is 4.90 Å². The van der Waals surface area contributed by atoms with Gasteiger partial charge in [0.25, 0.3) is 0 Å². The van der Waals surface area contributed by atoms with E-state index >= 15 is 0 Å². The van der Waals surface area contributed by atoms with Crippen molar-refractivity contribution < 1.29 is 9.59 Å². The molecule has 160 valence electrons. The fourth-order valence-electron chi connectivity index (χ4n) is 4.20. The van der Waals surface area contributed by atoms with Gasteiger partial charge in [-0.1, -0.05) is 72.3 Å². The Labute approximate surface area is 183 Å². The molecule has 31 heavy (non-hydrogen) atoms. The van der Waals surface area contributed by atoms with Gasteiger partial charge in [0.15, 0.2) is 0 Å².